The molecule has 1 aliphatic rings. The van der Waals surface area contributed by atoms with Gasteiger partial charge in [0.2, 0.25) is 0 Å². The molecule has 0 atom stereocenters. The zero-order valence-electron chi connectivity index (χ0n) is 30.6. The van der Waals surface area contributed by atoms with E-state index in [0.29, 0.717) is 0 Å². The Bertz CT molecular complexity index is 3380. The molecule has 4 heterocycles. The third kappa shape index (κ3) is 5.08. The lowest BCUT2D eigenvalue weighted by Crippen LogP contribution is -2.36. The summed E-state index contributed by atoms with van der Waals surface area (Å²) in [4.78, 5) is 10.4. The number of hydrogen-bond acceptors (Lipinski definition) is 5. The fourth-order valence-electron chi connectivity index (χ4n) is 8.64. The van der Waals surface area contributed by atoms with Crippen molar-refractivity contribution in [1.29, 1.82) is 0 Å². The molecule has 0 saturated carbocycles. The molecular weight excluding hydrogens is 717 g/mol. The van der Waals surface area contributed by atoms with E-state index in [0.717, 1.165) is 67.1 Å². The monoisotopic (exact) mass is 748 g/mol. The third-order valence-corrected chi connectivity index (χ3v) is 12.5. The van der Waals surface area contributed by atoms with E-state index < -0.39 is 6.17 Å². The quantitative estimate of drug-likeness (QED) is 0.191. The highest BCUT2D eigenvalue weighted by atomic mass is 32.1. The number of aromatic nitrogens is 1. The summed E-state index contributed by atoms with van der Waals surface area (Å²) in [6.45, 7) is 0. The van der Waals surface area contributed by atoms with E-state index >= 15 is 0 Å². The Balaban J connectivity index is 1.06. The second kappa shape index (κ2) is 12.6. The Labute approximate surface area is 331 Å². The molecule has 0 saturated heterocycles. The van der Waals surface area contributed by atoms with Crippen LogP contribution in [0.3, 0.4) is 0 Å². The number of furan rings is 1. The van der Waals surface area contributed by atoms with Crippen LogP contribution in [-0.4, -0.2) is 16.2 Å². The van der Waals surface area contributed by atoms with Crippen molar-refractivity contribution in [3.63, 3.8) is 0 Å². The Morgan fingerprint density at radius 2 is 1.12 bits per heavy atom. The summed E-state index contributed by atoms with van der Waals surface area (Å²) in [6.07, 6.45) is -0.478. The molecule has 11 aromatic rings. The molecule has 0 aliphatic carbocycles. The normalized spacial score (nSPS) is 13.5. The van der Waals surface area contributed by atoms with Gasteiger partial charge in [0, 0.05) is 64.1 Å². The van der Waals surface area contributed by atoms with E-state index in [2.05, 4.69) is 143 Å². The summed E-state index contributed by atoms with van der Waals surface area (Å²) < 4.78 is 11.6. The van der Waals surface area contributed by atoms with Crippen molar-refractivity contribution in [2.24, 2.45) is 9.98 Å². The van der Waals surface area contributed by atoms with E-state index in [1.54, 1.807) is 0 Å². The first-order chi connectivity index (χ1) is 28.2. The summed E-state index contributed by atoms with van der Waals surface area (Å²) in [5.74, 6) is 1.58. The summed E-state index contributed by atoms with van der Waals surface area (Å²) in [5, 5.41) is 10.7. The van der Waals surface area contributed by atoms with Crippen molar-refractivity contribution in [3.05, 3.63) is 199 Å². The van der Waals surface area contributed by atoms with Crippen molar-refractivity contribution < 1.29 is 4.42 Å². The molecule has 5 nitrogen and oxygen atoms in total. The van der Waals surface area contributed by atoms with Gasteiger partial charge in [-0.2, -0.15) is 0 Å². The van der Waals surface area contributed by atoms with Gasteiger partial charge in [-0.3, -0.25) is 0 Å². The second-order valence-corrected chi connectivity index (χ2v) is 15.6. The van der Waals surface area contributed by atoms with Crippen molar-refractivity contribution in [1.82, 2.24) is 9.88 Å². The van der Waals surface area contributed by atoms with E-state index in [4.69, 9.17) is 14.4 Å². The highest BCUT2D eigenvalue weighted by Gasteiger charge is 2.25. The van der Waals surface area contributed by atoms with Gasteiger partial charge < -0.3 is 14.3 Å². The van der Waals surface area contributed by atoms with E-state index in [1.165, 1.54) is 42.0 Å². The summed E-state index contributed by atoms with van der Waals surface area (Å²) in [7, 11) is 0. The smallest absolute Gasteiger partial charge is 0.170 e. The summed E-state index contributed by atoms with van der Waals surface area (Å²) in [6, 6.07) is 64.3. The Morgan fingerprint density at radius 3 is 1.88 bits per heavy atom. The van der Waals surface area contributed by atoms with Crippen LogP contribution in [-0.2, 0) is 0 Å². The highest BCUT2D eigenvalue weighted by Crippen LogP contribution is 2.45. The maximum absolute atomic E-state index is 6.54. The molecule has 1 N–H and O–H groups in total. The van der Waals surface area contributed by atoms with Crippen molar-refractivity contribution >= 4 is 86.9 Å². The molecule has 12 rings (SSSR count). The zero-order valence-corrected chi connectivity index (χ0v) is 31.4. The van der Waals surface area contributed by atoms with Crippen LogP contribution in [0.4, 0.5) is 0 Å². The molecule has 0 radical (unpaired) electrons. The largest absolute Gasteiger partial charge is 0.456 e. The van der Waals surface area contributed by atoms with Crippen LogP contribution in [0.5, 0.6) is 0 Å². The van der Waals surface area contributed by atoms with Crippen molar-refractivity contribution in [2.75, 3.05) is 0 Å². The number of amidine groups is 2. The van der Waals surface area contributed by atoms with Gasteiger partial charge in [-0.15, -0.1) is 11.3 Å². The van der Waals surface area contributed by atoms with E-state index in [9.17, 15) is 0 Å². The van der Waals surface area contributed by atoms with Gasteiger partial charge in [-0.05, 0) is 65.7 Å². The number of thiophene rings is 1. The average Bonchev–Trinajstić information content (AvgIpc) is 3.96. The molecule has 0 fully saturated rings. The van der Waals surface area contributed by atoms with Gasteiger partial charge in [0.1, 0.15) is 22.8 Å². The average molecular weight is 749 g/mol. The maximum atomic E-state index is 6.54. The predicted octanol–water partition coefficient (Wildman–Crippen LogP) is 13.2. The number of benzene rings is 8. The molecular formula is C51H32N4OS. The number of nitrogens with zero attached hydrogens (tertiary/aromatic N) is 3. The minimum absolute atomic E-state index is 0.478. The van der Waals surface area contributed by atoms with Crippen LogP contribution in [0.1, 0.15) is 22.9 Å². The lowest BCUT2D eigenvalue weighted by atomic mass is 9.98. The Morgan fingerprint density at radius 1 is 0.474 bits per heavy atom. The number of para-hydroxylation sites is 1. The van der Waals surface area contributed by atoms with Crippen LogP contribution in [0.15, 0.2) is 196 Å². The molecule has 8 aromatic carbocycles. The maximum Gasteiger partial charge on any atom is 0.170 e. The standard InChI is InChI=1S/C51H32N4OS/c1-4-13-31(14-5-1)49-52-50(32-15-6-2-7-16-32)54-51(53-49)38-20-12-21-44-46(38)40-30-34(24-28-43(40)56-44)33-23-26-41-39(29-33)47-42(55(41)35-17-8-3-9-18-35)27-25-37-36-19-10-11-22-45(36)57-48(37)47/h1-30,51H,(H,52,53,54). The highest BCUT2D eigenvalue weighted by molar-refractivity contribution is 7.26. The third-order valence-electron chi connectivity index (χ3n) is 11.3. The first-order valence-corrected chi connectivity index (χ1v) is 20.0. The first-order valence-electron chi connectivity index (χ1n) is 19.2. The molecule has 6 heteroatoms. The van der Waals surface area contributed by atoms with Gasteiger partial charge in [0.15, 0.2) is 6.17 Å². The van der Waals surface area contributed by atoms with Crippen LogP contribution in [0.2, 0.25) is 0 Å². The minimum Gasteiger partial charge on any atom is -0.456 e. The lowest BCUT2D eigenvalue weighted by Gasteiger charge is -2.22. The van der Waals surface area contributed by atoms with E-state index in [-0.39, 0.29) is 0 Å². The fraction of sp³-hybridized carbons (Fsp3) is 0.0196. The summed E-state index contributed by atoms with van der Waals surface area (Å²) in [5.41, 5.74) is 10.5. The molecule has 57 heavy (non-hydrogen) atoms. The lowest BCUT2D eigenvalue weighted by molar-refractivity contribution is 0.667. The number of fused-ring (bicyclic) bond motifs is 10. The Kier molecular flexibility index (Phi) is 7.09. The van der Waals surface area contributed by atoms with Gasteiger partial charge in [0.05, 0.1) is 11.0 Å². The number of hydrogen-bond donors (Lipinski definition) is 1. The molecule has 3 aromatic heterocycles. The van der Waals surface area contributed by atoms with Gasteiger partial charge in [-0.1, -0.05) is 127 Å². The molecule has 268 valence electrons. The molecule has 0 spiro atoms. The number of nitrogens with one attached hydrogen (secondary N) is 1. The van der Waals surface area contributed by atoms with Crippen LogP contribution in [0.25, 0.3) is 80.7 Å². The topological polar surface area (TPSA) is 54.8 Å². The van der Waals surface area contributed by atoms with Gasteiger partial charge >= 0.3 is 0 Å². The second-order valence-electron chi connectivity index (χ2n) is 14.6. The molecule has 0 unspecified atom stereocenters. The summed E-state index contributed by atoms with van der Waals surface area (Å²) >= 11 is 1.88. The number of aliphatic imine (C=N–C) groups is 2. The predicted molar refractivity (Wildman–Crippen MR) is 238 cm³/mol. The molecule has 1 aliphatic heterocycles. The SMILES string of the molecule is c1ccc(C2=NC(c3cccc4oc5ccc(-c6ccc7c(c6)c6c8sc9ccccc9c8ccc6n7-c6ccccc6)cc5c34)N=C(c3ccccc3)N2)cc1. The van der Waals surface area contributed by atoms with Crippen LogP contribution < -0.4 is 5.32 Å². The first kappa shape index (κ1) is 32.0. The molecule has 0 amide bonds. The fourth-order valence-corrected chi connectivity index (χ4v) is 9.90. The number of rotatable bonds is 5. The van der Waals surface area contributed by atoms with E-state index in [1.807, 2.05) is 59.9 Å². The van der Waals surface area contributed by atoms with Crippen molar-refractivity contribution in [3.8, 4) is 16.8 Å². The zero-order chi connectivity index (χ0) is 37.5. The van der Waals surface area contributed by atoms with Crippen LogP contribution >= 0.6 is 11.3 Å². The minimum atomic E-state index is -0.478. The molecule has 0 bridgehead atoms. The van der Waals surface area contributed by atoms with Gasteiger partial charge in [-0.25, -0.2) is 9.98 Å². The van der Waals surface area contributed by atoms with Crippen LogP contribution in [0, 0.1) is 0 Å². The van der Waals surface area contributed by atoms with Crippen molar-refractivity contribution in [2.45, 2.75) is 6.17 Å². The van der Waals surface area contributed by atoms with Gasteiger partial charge in [0.25, 0.3) is 0 Å². The Hall–Kier alpha value is -7.28.